The van der Waals surface area contributed by atoms with Crippen LogP contribution < -0.4 is 16.0 Å². The number of esters is 3. The smallest absolute Gasteiger partial charge is 0.338 e. The molecule has 1 unspecified atom stereocenters. The highest BCUT2D eigenvalue weighted by Crippen LogP contribution is 2.27. The Balaban J connectivity index is 1.65. The van der Waals surface area contributed by atoms with Crippen LogP contribution in [0.3, 0.4) is 0 Å². The number of nitrogens with one attached hydrogen (secondary N) is 1. The van der Waals surface area contributed by atoms with Gasteiger partial charge in [0.05, 0.1) is 5.56 Å². The summed E-state index contributed by atoms with van der Waals surface area (Å²) in [5.74, 6) is -2.14. The predicted octanol–water partition coefficient (Wildman–Crippen LogP) is 3.31. The van der Waals surface area contributed by atoms with Crippen LogP contribution in [0.4, 0.5) is 10.5 Å². The summed E-state index contributed by atoms with van der Waals surface area (Å²) in [7, 11) is 0. The lowest BCUT2D eigenvalue weighted by Gasteiger charge is -2.27. The van der Waals surface area contributed by atoms with Crippen molar-refractivity contribution in [2.24, 2.45) is 5.73 Å². The fourth-order valence-electron chi connectivity index (χ4n) is 4.04. The average Bonchev–Trinajstić information content (AvgIpc) is 3.35. The number of nitrogens with zero attached hydrogens (tertiary/aromatic N) is 1. The van der Waals surface area contributed by atoms with Crippen molar-refractivity contribution in [3.63, 3.8) is 0 Å². The van der Waals surface area contributed by atoms with Crippen molar-refractivity contribution in [2.45, 2.75) is 51.2 Å². The highest BCUT2D eigenvalue weighted by Gasteiger charge is 2.42. The molecule has 9 nitrogen and oxygen atoms in total. The van der Waals surface area contributed by atoms with E-state index in [0.717, 1.165) is 29.7 Å². The molecule has 1 heterocycles. The minimum atomic E-state index is -0.927. The molecular weight excluding hydrogens is 450 g/mol. The lowest BCUT2D eigenvalue weighted by atomic mass is 9.91. The van der Waals surface area contributed by atoms with Gasteiger partial charge in [0.1, 0.15) is 18.7 Å². The van der Waals surface area contributed by atoms with Crippen molar-refractivity contribution in [3.8, 4) is 0 Å². The Hall–Kier alpha value is -3.72. The minimum absolute atomic E-state index is 0.0890. The number of carbonyl (C=O) groups excluding carboxylic acids is 4. The van der Waals surface area contributed by atoms with Gasteiger partial charge in [-0.15, -0.1) is 0 Å². The van der Waals surface area contributed by atoms with E-state index >= 15 is 0 Å². The molecule has 1 saturated heterocycles. The van der Waals surface area contributed by atoms with Crippen LogP contribution in [0.15, 0.2) is 54.6 Å². The zero-order valence-corrected chi connectivity index (χ0v) is 19.8. The van der Waals surface area contributed by atoms with Gasteiger partial charge in [0, 0.05) is 5.69 Å². The molecule has 0 bridgehead atoms. The largest absolute Gasteiger partial charge is 0.457 e. The van der Waals surface area contributed by atoms with Crippen LogP contribution in [0.25, 0.3) is 0 Å². The van der Waals surface area contributed by atoms with Crippen LogP contribution in [0, 0.1) is 0 Å². The average molecular weight is 482 g/mol. The number of primary amides is 1. The zero-order chi connectivity index (χ0) is 25.3. The molecular formula is C26H31N3O6. The Bertz CT molecular complexity index is 1050. The molecule has 35 heavy (non-hydrogen) atoms. The van der Waals surface area contributed by atoms with E-state index in [9.17, 15) is 19.2 Å². The molecule has 9 heteroatoms. The second kappa shape index (κ2) is 12.1. The third-order valence-corrected chi connectivity index (χ3v) is 5.96. The van der Waals surface area contributed by atoms with Crippen LogP contribution in [-0.4, -0.2) is 42.6 Å². The molecule has 3 rings (SSSR count). The number of ether oxygens (including phenoxy) is 2. The van der Waals surface area contributed by atoms with E-state index in [2.05, 4.69) is 5.32 Å². The monoisotopic (exact) mass is 481 g/mol. The van der Waals surface area contributed by atoms with Gasteiger partial charge in [-0.2, -0.15) is 0 Å². The highest BCUT2D eigenvalue weighted by molar-refractivity contribution is 6.00. The molecule has 3 N–H and O–H groups in total. The van der Waals surface area contributed by atoms with Crippen LogP contribution >= 0.6 is 0 Å². The number of hydrogen-bond donors (Lipinski definition) is 2. The van der Waals surface area contributed by atoms with E-state index in [1.165, 1.54) is 18.2 Å². The maximum absolute atomic E-state index is 12.8. The van der Waals surface area contributed by atoms with Gasteiger partial charge in [-0.3, -0.25) is 4.90 Å². The Labute approximate surface area is 204 Å². The molecule has 1 aliphatic heterocycles. The Morgan fingerprint density at radius 3 is 2.51 bits per heavy atom. The minimum Gasteiger partial charge on any atom is -0.457 e. The number of anilines is 1. The first kappa shape index (κ1) is 25.9. The van der Waals surface area contributed by atoms with Gasteiger partial charge in [-0.1, -0.05) is 56.2 Å². The third kappa shape index (κ3) is 6.89. The maximum Gasteiger partial charge on any atom is 0.338 e. The summed E-state index contributed by atoms with van der Waals surface area (Å²) in [6.07, 6.45) is 3.70. The summed E-state index contributed by atoms with van der Waals surface area (Å²) in [5, 5.41) is 3.18. The molecule has 186 valence electrons. The van der Waals surface area contributed by atoms with E-state index in [0.29, 0.717) is 19.4 Å². The topological polar surface area (TPSA) is 128 Å². The second-order valence-corrected chi connectivity index (χ2v) is 8.51. The normalized spacial score (nSPS) is 16.9. The first-order chi connectivity index (χ1) is 16.8. The number of nitrogens with two attached hydrogens (primary N) is 1. The lowest BCUT2D eigenvalue weighted by Crippen LogP contribution is -2.50. The molecule has 0 aliphatic carbocycles. The Kier molecular flexibility index (Phi) is 8.97. The number of benzene rings is 2. The molecule has 1 atom stereocenters. The van der Waals surface area contributed by atoms with Gasteiger partial charge in [0.25, 0.3) is 0 Å². The van der Waals surface area contributed by atoms with Crippen molar-refractivity contribution in [1.29, 1.82) is 0 Å². The molecule has 0 saturated carbocycles. The second-order valence-electron chi connectivity index (χ2n) is 8.51. The lowest BCUT2D eigenvalue weighted by molar-refractivity contribution is -0.163. The van der Waals surface area contributed by atoms with E-state index in [1.54, 1.807) is 6.07 Å². The van der Waals surface area contributed by atoms with Gasteiger partial charge in [-0.25, -0.2) is 19.2 Å². The summed E-state index contributed by atoms with van der Waals surface area (Å²) in [6.45, 7) is 2.21. The number of rotatable bonds is 10. The Morgan fingerprint density at radius 2 is 1.86 bits per heavy atom. The summed E-state index contributed by atoms with van der Waals surface area (Å²) in [6, 6.07) is 14.3. The summed E-state index contributed by atoms with van der Waals surface area (Å²) >= 11 is 0. The van der Waals surface area contributed by atoms with E-state index < -0.39 is 36.0 Å². The molecule has 0 aromatic heterocycles. The van der Waals surface area contributed by atoms with Crippen molar-refractivity contribution >= 4 is 29.6 Å². The fourth-order valence-corrected chi connectivity index (χ4v) is 4.04. The zero-order valence-electron chi connectivity index (χ0n) is 19.8. The number of carbonyl (C=O) groups is 4. The molecule has 2 aromatic carbocycles. The third-order valence-electron chi connectivity index (χ3n) is 5.96. The predicted molar refractivity (Wildman–Crippen MR) is 130 cm³/mol. The fraction of sp³-hybridized carbons (Fsp3) is 0.385. The summed E-state index contributed by atoms with van der Waals surface area (Å²) in [4.78, 5) is 50.9. The standard InChI is InChI=1S/C26H31N3O6/c1-2-3-13-26(14-8-15-28-26)24(32)35-22(30)17-29(25(27)33)21-12-7-11-20(16-21)23(31)34-18-19-9-5-4-6-10-19/h4-7,9-12,16,28H,2-3,8,13-15,17-18H2,1H3,(H2,27,33). The molecule has 1 fully saturated rings. The molecule has 0 radical (unpaired) electrons. The van der Waals surface area contributed by atoms with Crippen molar-refractivity contribution in [3.05, 3.63) is 65.7 Å². The first-order valence-electron chi connectivity index (χ1n) is 11.7. The number of urea groups is 1. The van der Waals surface area contributed by atoms with E-state index in [1.807, 2.05) is 37.3 Å². The van der Waals surface area contributed by atoms with Gasteiger partial charge in [0.2, 0.25) is 0 Å². The first-order valence-corrected chi connectivity index (χ1v) is 11.7. The number of hydrogen-bond acceptors (Lipinski definition) is 7. The Morgan fingerprint density at radius 1 is 1.09 bits per heavy atom. The van der Waals surface area contributed by atoms with Gasteiger partial charge in [0.15, 0.2) is 0 Å². The van der Waals surface area contributed by atoms with Crippen LogP contribution in [-0.2, 0) is 25.7 Å². The van der Waals surface area contributed by atoms with Gasteiger partial charge < -0.3 is 20.5 Å². The molecule has 0 spiro atoms. The van der Waals surface area contributed by atoms with Gasteiger partial charge >= 0.3 is 23.9 Å². The van der Waals surface area contributed by atoms with E-state index in [-0.39, 0.29) is 17.9 Å². The number of unbranched alkanes of at least 4 members (excludes halogenated alkanes) is 1. The SMILES string of the molecule is CCCCC1(C(=O)OC(=O)CN(C(N)=O)c2cccc(C(=O)OCc3ccccc3)c2)CCCN1. The van der Waals surface area contributed by atoms with E-state index in [4.69, 9.17) is 15.2 Å². The van der Waals surface area contributed by atoms with Crippen molar-refractivity contribution in [1.82, 2.24) is 5.32 Å². The summed E-state index contributed by atoms with van der Waals surface area (Å²) < 4.78 is 10.4. The van der Waals surface area contributed by atoms with Crippen molar-refractivity contribution < 1.29 is 28.7 Å². The molecule has 2 amide bonds. The van der Waals surface area contributed by atoms with Crippen molar-refractivity contribution in [2.75, 3.05) is 18.0 Å². The van der Waals surface area contributed by atoms with Crippen LogP contribution in [0.1, 0.15) is 54.9 Å². The van der Waals surface area contributed by atoms with Crippen LogP contribution in [0.2, 0.25) is 0 Å². The molecule has 2 aromatic rings. The molecule has 1 aliphatic rings. The highest BCUT2D eigenvalue weighted by atomic mass is 16.6. The van der Waals surface area contributed by atoms with Gasteiger partial charge in [-0.05, 0) is 49.6 Å². The summed E-state index contributed by atoms with van der Waals surface area (Å²) in [5.41, 5.74) is 5.82. The van der Waals surface area contributed by atoms with Crippen LogP contribution in [0.5, 0.6) is 0 Å². The quantitative estimate of drug-likeness (QED) is 0.393. The number of amides is 2. The maximum atomic E-state index is 12.8.